The van der Waals surface area contributed by atoms with Crippen LogP contribution in [0.2, 0.25) is 0 Å². The van der Waals surface area contributed by atoms with Gasteiger partial charge in [0.1, 0.15) is 0 Å². The maximum atomic E-state index is 13.0. The van der Waals surface area contributed by atoms with Crippen LogP contribution in [0.25, 0.3) is 0 Å². The fourth-order valence-corrected chi connectivity index (χ4v) is 4.41. The van der Waals surface area contributed by atoms with Crippen molar-refractivity contribution in [3.63, 3.8) is 0 Å². The van der Waals surface area contributed by atoms with Crippen LogP contribution in [0.3, 0.4) is 0 Å². The molecule has 3 rings (SSSR count). The first-order valence-corrected chi connectivity index (χ1v) is 9.90. The molecule has 6 heteroatoms. The molecule has 2 atom stereocenters. The highest BCUT2D eigenvalue weighted by molar-refractivity contribution is 5.95. The molecule has 2 aliphatic rings. The number of ether oxygens (including phenoxy) is 3. The first-order valence-electron chi connectivity index (χ1n) is 9.90. The molecule has 1 aromatic carbocycles. The minimum absolute atomic E-state index is 0.0194. The lowest BCUT2D eigenvalue weighted by Gasteiger charge is -2.42. The number of hydrogen-bond acceptors (Lipinski definition) is 5. The predicted molar refractivity (Wildman–Crippen MR) is 105 cm³/mol. The molecule has 27 heavy (non-hydrogen) atoms. The highest BCUT2D eigenvalue weighted by atomic mass is 16.5. The molecule has 1 saturated heterocycles. The lowest BCUT2D eigenvalue weighted by molar-refractivity contribution is 0.0488. The molecule has 0 bridgehead atoms. The van der Waals surface area contributed by atoms with Crippen LogP contribution >= 0.6 is 0 Å². The van der Waals surface area contributed by atoms with Crippen molar-refractivity contribution >= 4 is 5.91 Å². The van der Waals surface area contributed by atoms with E-state index in [1.165, 1.54) is 25.7 Å². The number of amides is 1. The Kier molecular flexibility index (Phi) is 6.47. The topological polar surface area (TPSA) is 51.2 Å². The van der Waals surface area contributed by atoms with Crippen LogP contribution in [0, 0.1) is 5.92 Å². The van der Waals surface area contributed by atoms with E-state index in [0.29, 0.717) is 28.9 Å². The number of carbonyl (C=O) groups excluding carboxylic acids is 1. The summed E-state index contributed by atoms with van der Waals surface area (Å²) in [6.45, 7) is 5.79. The van der Waals surface area contributed by atoms with E-state index in [-0.39, 0.29) is 5.91 Å². The van der Waals surface area contributed by atoms with Crippen LogP contribution in [-0.2, 0) is 0 Å². The zero-order valence-corrected chi connectivity index (χ0v) is 17.0. The molecule has 1 amide bonds. The number of nitrogens with zero attached hydrogens (tertiary/aromatic N) is 2. The third-order valence-corrected chi connectivity index (χ3v) is 5.94. The Morgan fingerprint density at radius 2 is 1.59 bits per heavy atom. The van der Waals surface area contributed by atoms with Crippen LogP contribution in [0.5, 0.6) is 17.2 Å². The molecule has 1 heterocycles. The zero-order chi connectivity index (χ0) is 19.4. The van der Waals surface area contributed by atoms with E-state index >= 15 is 0 Å². The van der Waals surface area contributed by atoms with Gasteiger partial charge in [-0.15, -0.1) is 0 Å². The standard InChI is InChI=1S/C21H32N2O4/c1-15-6-5-7-17(12-15)22-8-10-23(11-9-22)21(24)16-13-18(25-2)20(27-4)19(14-16)26-3/h13-15,17H,5-12H2,1-4H3/t15-,17-/m0/s1. The molecule has 0 aromatic heterocycles. The molecule has 0 spiro atoms. The van der Waals surface area contributed by atoms with Crippen LogP contribution < -0.4 is 14.2 Å². The highest BCUT2D eigenvalue weighted by Crippen LogP contribution is 2.38. The molecule has 0 radical (unpaired) electrons. The second-order valence-corrected chi connectivity index (χ2v) is 7.67. The summed E-state index contributed by atoms with van der Waals surface area (Å²) in [7, 11) is 4.69. The number of benzene rings is 1. The monoisotopic (exact) mass is 376 g/mol. The van der Waals surface area contributed by atoms with Crippen LogP contribution in [0.4, 0.5) is 0 Å². The summed E-state index contributed by atoms with van der Waals surface area (Å²) in [6.07, 6.45) is 5.28. The van der Waals surface area contributed by atoms with E-state index in [1.54, 1.807) is 33.5 Å². The van der Waals surface area contributed by atoms with E-state index < -0.39 is 0 Å². The van der Waals surface area contributed by atoms with Gasteiger partial charge in [-0.25, -0.2) is 0 Å². The van der Waals surface area contributed by atoms with E-state index in [4.69, 9.17) is 14.2 Å². The normalized spacial score (nSPS) is 23.8. The van der Waals surface area contributed by atoms with E-state index in [0.717, 1.165) is 32.1 Å². The minimum Gasteiger partial charge on any atom is -0.493 e. The molecular weight excluding hydrogens is 344 g/mol. The lowest BCUT2D eigenvalue weighted by Crippen LogP contribution is -2.52. The van der Waals surface area contributed by atoms with Gasteiger partial charge in [0.05, 0.1) is 21.3 Å². The highest BCUT2D eigenvalue weighted by Gasteiger charge is 2.30. The summed E-state index contributed by atoms with van der Waals surface area (Å²) in [4.78, 5) is 17.5. The Labute approximate surface area is 162 Å². The average Bonchev–Trinajstić information content (AvgIpc) is 2.72. The predicted octanol–water partition coefficient (Wildman–Crippen LogP) is 3.05. The zero-order valence-electron chi connectivity index (χ0n) is 17.0. The number of methoxy groups -OCH3 is 3. The lowest BCUT2D eigenvalue weighted by atomic mass is 9.86. The van der Waals surface area contributed by atoms with Gasteiger partial charge in [0, 0.05) is 37.8 Å². The quantitative estimate of drug-likeness (QED) is 0.791. The third kappa shape index (κ3) is 4.32. The Balaban J connectivity index is 1.67. The van der Waals surface area contributed by atoms with Gasteiger partial charge in [0.25, 0.3) is 5.91 Å². The van der Waals surface area contributed by atoms with Gasteiger partial charge in [-0.2, -0.15) is 0 Å². The Morgan fingerprint density at radius 3 is 2.11 bits per heavy atom. The number of rotatable bonds is 5. The van der Waals surface area contributed by atoms with Crippen molar-refractivity contribution in [1.29, 1.82) is 0 Å². The van der Waals surface area contributed by atoms with Crippen LogP contribution in [0.15, 0.2) is 12.1 Å². The van der Waals surface area contributed by atoms with Gasteiger partial charge < -0.3 is 19.1 Å². The fourth-order valence-electron chi connectivity index (χ4n) is 4.41. The van der Waals surface area contributed by atoms with Crippen LogP contribution in [0.1, 0.15) is 43.0 Å². The van der Waals surface area contributed by atoms with Crippen molar-refractivity contribution in [1.82, 2.24) is 9.80 Å². The van der Waals surface area contributed by atoms with Gasteiger partial charge in [0.15, 0.2) is 11.5 Å². The van der Waals surface area contributed by atoms with Crippen molar-refractivity contribution in [3.8, 4) is 17.2 Å². The molecule has 1 saturated carbocycles. The van der Waals surface area contributed by atoms with E-state index in [9.17, 15) is 4.79 Å². The number of hydrogen-bond donors (Lipinski definition) is 0. The van der Waals surface area contributed by atoms with Gasteiger partial charge in [-0.1, -0.05) is 19.8 Å². The molecule has 2 fully saturated rings. The first kappa shape index (κ1) is 19.8. The van der Waals surface area contributed by atoms with Gasteiger partial charge in [-0.3, -0.25) is 9.69 Å². The Morgan fingerprint density at radius 1 is 0.963 bits per heavy atom. The van der Waals surface area contributed by atoms with Gasteiger partial charge in [0.2, 0.25) is 5.75 Å². The van der Waals surface area contributed by atoms with Gasteiger partial charge in [-0.05, 0) is 30.9 Å². The summed E-state index contributed by atoms with van der Waals surface area (Å²) >= 11 is 0. The van der Waals surface area contributed by atoms with E-state index in [2.05, 4.69) is 11.8 Å². The van der Waals surface area contributed by atoms with Crippen molar-refractivity contribution in [2.45, 2.75) is 38.6 Å². The van der Waals surface area contributed by atoms with E-state index in [1.807, 2.05) is 4.90 Å². The summed E-state index contributed by atoms with van der Waals surface area (Å²) in [5.74, 6) is 2.37. The molecule has 1 aliphatic heterocycles. The van der Waals surface area contributed by atoms with Crippen molar-refractivity contribution in [2.24, 2.45) is 5.92 Å². The van der Waals surface area contributed by atoms with Crippen molar-refractivity contribution in [2.75, 3.05) is 47.5 Å². The summed E-state index contributed by atoms with van der Waals surface area (Å²) in [5.41, 5.74) is 0.573. The second-order valence-electron chi connectivity index (χ2n) is 7.67. The Bertz CT molecular complexity index is 631. The van der Waals surface area contributed by atoms with Crippen molar-refractivity contribution in [3.05, 3.63) is 17.7 Å². The summed E-state index contributed by atoms with van der Waals surface area (Å²) in [5, 5.41) is 0. The van der Waals surface area contributed by atoms with Crippen LogP contribution in [-0.4, -0.2) is 69.3 Å². The summed E-state index contributed by atoms with van der Waals surface area (Å²) < 4.78 is 16.1. The molecule has 0 N–H and O–H groups in total. The minimum atomic E-state index is 0.0194. The SMILES string of the molecule is COc1cc(C(=O)N2CCN([C@H]3CCC[C@H](C)C3)CC2)cc(OC)c1OC. The fraction of sp³-hybridized carbons (Fsp3) is 0.667. The molecule has 1 aromatic rings. The molecule has 1 aliphatic carbocycles. The smallest absolute Gasteiger partial charge is 0.254 e. The maximum Gasteiger partial charge on any atom is 0.254 e. The first-order chi connectivity index (χ1) is 13.1. The molecule has 150 valence electrons. The molecule has 0 unspecified atom stereocenters. The number of piperazine rings is 1. The Hall–Kier alpha value is -1.95. The third-order valence-electron chi connectivity index (χ3n) is 5.94. The maximum absolute atomic E-state index is 13.0. The summed E-state index contributed by atoms with van der Waals surface area (Å²) in [6, 6.07) is 4.16. The largest absolute Gasteiger partial charge is 0.493 e. The second kappa shape index (κ2) is 8.83. The van der Waals surface area contributed by atoms with Gasteiger partial charge >= 0.3 is 0 Å². The van der Waals surface area contributed by atoms with Crippen molar-refractivity contribution < 1.29 is 19.0 Å². The number of carbonyl (C=O) groups is 1. The average molecular weight is 376 g/mol. The molecular formula is C21H32N2O4. The molecule has 6 nitrogen and oxygen atoms in total.